The molecule has 0 aliphatic rings. The van der Waals surface area contributed by atoms with Crippen molar-refractivity contribution in [3.8, 4) is 16.9 Å². The van der Waals surface area contributed by atoms with Crippen LogP contribution >= 0.6 is 15.9 Å². The van der Waals surface area contributed by atoms with E-state index in [-0.39, 0.29) is 12.0 Å². The van der Waals surface area contributed by atoms with Gasteiger partial charge in [-0.05, 0) is 50.6 Å². The fourth-order valence-corrected chi connectivity index (χ4v) is 2.80. The van der Waals surface area contributed by atoms with Crippen molar-refractivity contribution >= 4 is 32.9 Å². The molecule has 27 heavy (non-hydrogen) atoms. The molecule has 0 atom stereocenters. The summed E-state index contributed by atoms with van der Waals surface area (Å²) in [5.41, 5.74) is 0.955. The molecule has 0 bridgehead atoms. The van der Waals surface area contributed by atoms with E-state index in [1.165, 1.54) is 6.26 Å². The zero-order chi connectivity index (χ0) is 19.6. The third-order valence-electron chi connectivity index (χ3n) is 3.68. The molecular formula is C21H19BrO5. The minimum Gasteiger partial charge on any atom is -0.482 e. The molecule has 5 nitrogen and oxygen atoms in total. The maximum absolute atomic E-state index is 12.8. The standard InChI is InChI=1S/C21H19BrO5/c1-21(2,3)27-19(23)12-25-15-8-9-16-18(10-15)26-11-17(20(16)24)13-4-6-14(22)7-5-13/h4-11H,12H2,1-3H3. The Balaban J connectivity index is 1.83. The predicted octanol–water partition coefficient (Wildman–Crippen LogP) is 4.94. The Hall–Kier alpha value is -2.60. The molecule has 0 saturated carbocycles. The lowest BCUT2D eigenvalue weighted by Gasteiger charge is -2.19. The first-order valence-corrected chi connectivity index (χ1v) is 9.18. The van der Waals surface area contributed by atoms with Crippen LogP contribution in [0.3, 0.4) is 0 Å². The molecule has 0 radical (unpaired) electrons. The zero-order valence-electron chi connectivity index (χ0n) is 15.2. The predicted molar refractivity (Wildman–Crippen MR) is 107 cm³/mol. The van der Waals surface area contributed by atoms with E-state index >= 15 is 0 Å². The highest BCUT2D eigenvalue weighted by Gasteiger charge is 2.17. The summed E-state index contributed by atoms with van der Waals surface area (Å²) in [4.78, 5) is 24.5. The third kappa shape index (κ3) is 4.77. The smallest absolute Gasteiger partial charge is 0.344 e. The van der Waals surface area contributed by atoms with Crippen molar-refractivity contribution in [3.63, 3.8) is 0 Å². The molecular weight excluding hydrogens is 412 g/mol. The van der Waals surface area contributed by atoms with Crippen LogP contribution in [0.5, 0.6) is 5.75 Å². The minimum absolute atomic E-state index is 0.128. The van der Waals surface area contributed by atoms with Crippen molar-refractivity contribution in [3.05, 3.63) is 63.4 Å². The SMILES string of the molecule is CC(C)(C)OC(=O)COc1ccc2c(=O)c(-c3ccc(Br)cc3)coc2c1. The Morgan fingerprint density at radius 3 is 2.48 bits per heavy atom. The number of carbonyl (C=O) groups is 1. The fourth-order valence-electron chi connectivity index (χ4n) is 2.54. The number of fused-ring (bicyclic) bond motifs is 1. The number of esters is 1. The van der Waals surface area contributed by atoms with Crippen molar-refractivity contribution in [2.75, 3.05) is 6.61 Å². The number of ether oxygens (including phenoxy) is 2. The van der Waals surface area contributed by atoms with E-state index in [1.807, 2.05) is 24.3 Å². The van der Waals surface area contributed by atoms with E-state index in [0.29, 0.717) is 22.3 Å². The van der Waals surface area contributed by atoms with Crippen LogP contribution in [-0.4, -0.2) is 18.2 Å². The molecule has 1 aromatic heterocycles. The molecule has 0 fully saturated rings. The molecule has 6 heteroatoms. The normalized spacial score (nSPS) is 11.4. The lowest BCUT2D eigenvalue weighted by Crippen LogP contribution is -2.27. The van der Waals surface area contributed by atoms with Crippen LogP contribution in [0.25, 0.3) is 22.1 Å². The number of hydrogen-bond donors (Lipinski definition) is 0. The highest BCUT2D eigenvalue weighted by atomic mass is 79.9. The van der Waals surface area contributed by atoms with Crippen molar-refractivity contribution in [1.82, 2.24) is 0 Å². The average molecular weight is 431 g/mol. The van der Waals surface area contributed by atoms with Gasteiger partial charge in [-0.15, -0.1) is 0 Å². The molecule has 0 aliphatic carbocycles. The molecule has 0 spiro atoms. The maximum atomic E-state index is 12.8. The van der Waals surface area contributed by atoms with Crippen LogP contribution in [0.15, 0.2) is 62.4 Å². The zero-order valence-corrected chi connectivity index (χ0v) is 16.8. The maximum Gasteiger partial charge on any atom is 0.344 e. The topological polar surface area (TPSA) is 65.7 Å². The number of carbonyl (C=O) groups excluding carboxylic acids is 1. The van der Waals surface area contributed by atoms with E-state index in [2.05, 4.69) is 15.9 Å². The van der Waals surface area contributed by atoms with Crippen molar-refractivity contribution in [2.24, 2.45) is 0 Å². The van der Waals surface area contributed by atoms with Crippen LogP contribution in [0.2, 0.25) is 0 Å². The van der Waals surface area contributed by atoms with E-state index in [1.54, 1.807) is 39.0 Å². The summed E-state index contributed by atoms with van der Waals surface area (Å²) < 4.78 is 17.2. The Morgan fingerprint density at radius 2 is 1.81 bits per heavy atom. The van der Waals surface area contributed by atoms with Crippen molar-refractivity contribution in [2.45, 2.75) is 26.4 Å². The summed E-state index contributed by atoms with van der Waals surface area (Å²) in [5.74, 6) is -0.0393. The third-order valence-corrected chi connectivity index (χ3v) is 4.21. The quantitative estimate of drug-likeness (QED) is 0.548. The number of benzene rings is 2. The van der Waals surface area contributed by atoms with Crippen LogP contribution in [0.4, 0.5) is 0 Å². The summed E-state index contributed by atoms with van der Waals surface area (Å²) in [6, 6.07) is 12.3. The molecule has 0 saturated heterocycles. The van der Waals surface area contributed by atoms with E-state index < -0.39 is 11.6 Å². The van der Waals surface area contributed by atoms with Gasteiger partial charge in [-0.3, -0.25) is 4.79 Å². The van der Waals surface area contributed by atoms with Gasteiger partial charge in [-0.1, -0.05) is 28.1 Å². The largest absolute Gasteiger partial charge is 0.482 e. The summed E-state index contributed by atoms with van der Waals surface area (Å²) in [6.07, 6.45) is 1.44. The second-order valence-corrected chi connectivity index (χ2v) is 7.93. The Kier molecular flexibility index (Phi) is 5.37. The molecule has 3 rings (SSSR count). The molecule has 0 aliphatic heterocycles. The molecule has 2 aromatic carbocycles. The number of rotatable bonds is 4. The number of hydrogen-bond acceptors (Lipinski definition) is 5. The fraction of sp³-hybridized carbons (Fsp3) is 0.238. The first-order valence-electron chi connectivity index (χ1n) is 8.39. The van der Waals surface area contributed by atoms with Crippen molar-refractivity contribution < 1.29 is 18.7 Å². The van der Waals surface area contributed by atoms with E-state index in [4.69, 9.17) is 13.9 Å². The lowest BCUT2D eigenvalue weighted by molar-refractivity contribution is -0.157. The Morgan fingerprint density at radius 1 is 1.11 bits per heavy atom. The monoisotopic (exact) mass is 430 g/mol. The van der Waals surface area contributed by atoms with Crippen LogP contribution in [-0.2, 0) is 9.53 Å². The van der Waals surface area contributed by atoms with Crippen molar-refractivity contribution in [1.29, 1.82) is 0 Å². The van der Waals surface area contributed by atoms with Gasteiger partial charge in [-0.2, -0.15) is 0 Å². The molecule has 0 N–H and O–H groups in total. The van der Waals surface area contributed by atoms with Gasteiger partial charge in [0, 0.05) is 10.5 Å². The molecule has 140 valence electrons. The second kappa shape index (κ2) is 7.56. The van der Waals surface area contributed by atoms with E-state index in [9.17, 15) is 9.59 Å². The second-order valence-electron chi connectivity index (χ2n) is 7.02. The van der Waals surface area contributed by atoms with Gasteiger partial charge in [0.1, 0.15) is 23.2 Å². The highest BCUT2D eigenvalue weighted by Crippen LogP contribution is 2.24. The highest BCUT2D eigenvalue weighted by molar-refractivity contribution is 9.10. The van der Waals surface area contributed by atoms with Gasteiger partial charge in [-0.25, -0.2) is 4.79 Å². The molecule has 0 amide bonds. The first kappa shape index (κ1) is 19.2. The van der Waals surface area contributed by atoms with Gasteiger partial charge in [0.2, 0.25) is 0 Å². The van der Waals surface area contributed by atoms with Crippen LogP contribution in [0, 0.1) is 0 Å². The molecule has 1 heterocycles. The summed E-state index contributed by atoms with van der Waals surface area (Å²) >= 11 is 3.38. The lowest BCUT2D eigenvalue weighted by atomic mass is 10.1. The van der Waals surface area contributed by atoms with Gasteiger partial charge in [0.25, 0.3) is 0 Å². The van der Waals surface area contributed by atoms with Crippen LogP contribution in [0.1, 0.15) is 20.8 Å². The molecule has 0 unspecified atom stereocenters. The van der Waals surface area contributed by atoms with Crippen LogP contribution < -0.4 is 10.2 Å². The van der Waals surface area contributed by atoms with Gasteiger partial charge >= 0.3 is 5.97 Å². The summed E-state index contributed by atoms with van der Waals surface area (Å²) in [6.45, 7) is 5.15. The summed E-state index contributed by atoms with van der Waals surface area (Å²) in [7, 11) is 0. The van der Waals surface area contributed by atoms with Gasteiger partial charge < -0.3 is 13.9 Å². The molecule has 3 aromatic rings. The Labute approximate surface area is 165 Å². The van der Waals surface area contributed by atoms with E-state index in [0.717, 1.165) is 10.0 Å². The van der Waals surface area contributed by atoms with Gasteiger partial charge in [0.15, 0.2) is 12.0 Å². The van der Waals surface area contributed by atoms with Gasteiger partial charge in [0.05, 0.1) is 10.9 Å². The minimum atomic E-state index is -0.569. The first-order chi connectivity index (χ1) is 12.7. The average Bonchev–Trinajstić information content (AvgIpc) is 2.60. The Bertz CT molecular complexity index is 1030. The summed E-state index contributed by atoms with van der Waals surface area (Å²) in [5, 5.41) is 0.444. The number of halogens is 1.